The third-order valence-electron chi connectivity index (χ3n) is 3.47. The number of carbonyl (C=O) groups excluding carboxylic acids is 1. The van der Waals surface area contributed by atoms with Gasteiger partial charge in [0.25, 0.3) is 0 Å². The van der Waals surface area contributed by atoms with E-state index in [0.29, 0.717) is 5.75 Å². The summed E-state index contributed by atoms with van der Waals surface area (Å²) >= 11 is 0. The Morgan fingerprint density at radius 1 is 1.13 bits per heavy atom. The maximum absolute atomic E-state index is 12.1. The molecule has 5 nitrogen and oxygen atoms in total. The van der Waals surface area contributed by atoms with E-state index < -0.39 is 0 Å². The summed E-state index contributed by atoms with van der Waals surface area (Å²) in [6.45, 7) is 0.161. The van der Waals surface area contributed by atoms with Crippen LogP contribution < -0.4 is 15.4 Å². The van der Waals surface area contributed by atoms with Crippen LogP contribution in [-0.4, -0.2) is 24.5 Å². The first-order chi connectivity index (χ1) is 11.3. The van der Waals surface area contributed by atoms with Gasteiger partial charge in [0.2, 0.25) is 5.91 Å². The van der Waals surface area contributed by atoms with Crippen molar-refractivity contribution in [2.75, 3.05) is 24.3 Å². The molecule has 2 N–H and O–H groups in total. The molecule has 0 saturated carbocycles. The predicted octanol–water partition coefficient (Wildman–Crippen LogP) is 3.29. The molecule has 0 spiro atoms. The standard InChI is InChI=1S/C18H17N3O2/c1-23-17-5-3-2-4-16(17)20-12-18(22)21-15-7-6-14-11-19-9-8-13(14)10-15/h2-11,20H,12H2,1H3,(H,21,22). The molecule has 116 valence electrons. The van der Waals surface area contributed by atoms with Crippen molar-refractivity contribution in [1.29, 1.82) is 0 Å². The van der Waals surface area contributed by atoms with Gasteiger partial charge in [-0.25, -0.2) is 0 Å². The van der Waals surface area contributed by atoms with Gasteiger partial charge in [-0.2, -0.15) is 0 Å². The molecule has 2 aromatic carbocycles. The Bertz CT molecular complexity index is 833. The number of hydrogen-bond donors (Lipinski definition) is 2. The quantitative estimate of drug-likeness (QED) is 0.759. The van der Waals surface area contributed by atoms with Crippen LogP contribution in [0, 0.1) is 0 Å². The molecule has 3 rings (SSSR count). The van der Waals surface area contributed by atoms with Gasteiger partial charge < -0.3 is 15.4 Å². The van der Waals surface area contributed by atoms with Crippen LogP contribution in [0.25, 0.3) is 10.8 Å². The number of anilines is 2. The maximum atomic E-state index is 12.1. The SMILES string of the molecule is COc1ccccc1NCC(=O)Nc1ccc2cnccc2c1. The molecule has 1 aromatic heterocycles. The summed E-state index contributed by atoms with van der Waals surface area (Å²) in [4.78, 5) is 16.2. The zero-order valence-electron chi connectivity index (χ0n) is 12.7. The van der Waals surface area contributed by atoms with Gasteiger partial charge in [0.15, 0.2) is 0 Å². The van der Waals surface area contributed by atoms with Crippen molar-refractivity contribution in [3.63, 3.8) is 0 Å². The van der Waals surface area contributed by atoms with Crippen LogP contribution in [-0.2, 0) is 4.79 Å². The number of pyridine rings is 1. The van der Waals surface area contributed by atoms with E-state index in [2.05, 4.69) is 15.6 Å². The number of methoxy groups -OCH3 is 1. The minimum atomic E-state index is -0.121. The summed E-state index contributed by atoms with van der Waals surface area (Å²) in [5, 5.41) is 8.03. The van der Waals surface area contributed by atoms with Crippen molar-refractivity contribution in [2.45, 2.75) is 0 Å². The van der Waals surface area contributed by atoms with Gasteiger partial charge in [-0.1, -0.05) is 18.2 Å². The average molecular weight is 307 g/mol. The van der Waals surface area contributed by atoms with E-state index in [9.17, 15) is 4.79 Å². The third-order valence-corrected chi connectivity index (χ3v) is 3.47. The predicted molar refractivity (Wildman–Crippen MR) is 91.9 cm³/mol. The van der Waals surface area contributed by atoms with Crippen molar-refractivity contribution >= 4 is 28.1 Å². The van der Waals surface area contributed by atoms with Crippen LogP contribution >= 0.6 is 0 Å². The van der Waals surface area contributed by atoms with Gasteiger partial charge in [-0.3, -0.25) is 9.78 Å². The first-order valence-corrected chi connectivity index (χ1v) is 7.27. The van der Waals surface area contributed by atoms with E-state index >= 15 is 0 Å². The number of nitrogens with zero attached hydrogens (tertiary/aromatic N) is 1. The molecule has 23 heavy (non-hydrogen) atoms. The fraction of sp³-hybridized carbons (Fsp3) is 0.111. The van der Waals surface area contributed by atoms with Gasteiger partial charge in [0, 0.05) is 23.5 Å². The Balaban J connectivity index is 1.64. The summed E-state index contributed by atoms with van der Waals surface area (Å²) in [6.07, 6.45) is 3.53. The second kappa shape index (κ2) is 6.79. The number of fused-ring (bicyclic) bond motifs is 1. The number of hydrogen-bond acceptors (Lipinski definition) is 4. The number of aromatic nitrogens is 1. The number of nitrogens with one attached hydrogen (secondary N) is 2. The van der Waals surface area contributed by atoms with E-state index in [0.717, 1.165) is 22.1 Å². The molecule has 0 radical (unpaired) electrons. The maximum Gasteiger partial charge on any atom is 0.243 e. The van der Waals surface area contributed by atoms with E-state index in [1.807, 2.05) is 48.5 Å². The fourth-order valence-electron chi connectivity index (χ4n) is 2.33. The molecule has 0 aliphatic heterocycles. The first kappa shape index (κ1) is 14.8. The Hall–Kier alpha value is -3.08. The van der Waals surface area contributed by atoms with Crippen molar-refractivity contribution in [3.8, 4) is 5.75 Å². The lowest BCUT2D eigenvalue weighted by atomic mass is 10.1. The molecule has 1 heterocycles. The topological polar surface area (TPSA) is 63.2 Å². The van der Waals surface area contributed by atoms with Crippen LogP contribution in [0.15, 0.2) is 60.9 Å². The molecule has 3 aromatic rings. The molecule has 5 heteroatoms. The molecule has 0 unspecified atom stereocenters. The number of ether oxygens (including phenoxy) is 1. The number of rotatable bonds is 5. The van der Waals surface area contributed by atoms with E-state index in [4.69, 9.17) is 4.74 Å². The van der Waals surface area contributed by atoms with Gasteiger partial charge in [-0.15, -0.1) is 0 Å². The molecule has 0 saturated heterocycles. The lowest BCUT2D eigenvalue weighted by Gasteiger charge is -2.11. The zero-order chi connectivity index (χ0) is 16.1. The fourth-order valence-corrected chi connectivity index (χ4v) is 2.33. The highest BCUT2D eigenvalue weighted by Gasteiger charge is 2.06. The Kier molecular flexibility index (Phi) is 4.38. The van der Waals surface area contributed by atoms with E-state index in [1.54, 1.807) is 19.5 Å². The van der Waals surface area contributed by atoms with E-state index in [-0.39, 0.29) is 12.5 Å². The van der Waals surface area contributed by atoms with Crippen LogP contribution in [0.2, 0.25) is 0 Å². The number of amides is 1. The third kappa shape index (κ3) is 3.58. The minimum absolute atomic E-state index is 0.121. The van der Waals surface area contributed by atoms with E-state index in [1.165, 1.54) is 0 Å². The minimum Gasteiger partial charge on any atom is -0.495 e. The Labute approximate surface area is 134 Å². The molecule has 1 amide bonds. The zero-order valence-corrected chi connectivity index (χ0v) is 12.7. The first-order valence-electron chi connectivity index (χ1n) is 7.27. The number of benzene rings is 2. The molecule has 0 fully saturated rings. The highest BCUT2D eigenvalue weighted by molar-refractivity contribution is 5.96. The normalized spacial score (nSPS) is 10.3. The molecule has 0 aliphatic carbocycles. The van der Waals surface area contributed by atoms with Gasteiger partial charge >= 0.3 is 0 Å². The molecule has 0 atom stereocenters. The van der Waals surface area contributed by atoms with Crippen LogP contribution in [0.3, 0.4) is 0 Å². The Morgan fingerprint density at radius 3 is 2.87 bits per heavy atom. The van der Waals surface area contributed by atoms with Crippen LogP contribution in [0.1, 0.15) is 0 Å². The lowest BCUT2D eigenvalue weighted by molar-refractivity contribution is -0.114. The number of para-hydroxylation sites is 2. The largest absolute Gasteiger partial charge is 0.495 e. The van der Waals surface area contributed by atoms with Gasteiger partial charge in [0.1, 0.15) is 5.75 Å². The summed E-state index contributed by atoms with van der Waals surface area (Å²) in [6, 6.07) is 15.1. The van der Waals surface area contributed by atoms with Crippen molar-refractivity contribution in [3.05, 3.63) is 60.9 Å². The van der Waals surface area contributed by atoms with Gasteiger partial charge in [0.05, 0.1) is 19.3 Å². The summed E-state index contributed by atoms with van der Waals surface area (Å²) < 4.78 is 5.24. The molecule has 0 bridgehead atoms. The summed E-state index contributed by atoms with van der Waals surface area (Å²) in [7, 11) is 1.60. The van der Waals surface area contributed by atoms with Crippen molar-refractivity contribution < 1.29 is 9.53 Å². The lowest BCUT2D eigenvalue weighted by Crippen LogP contribution is -2.21. The second-order valence-corrected chi connectivity index (χ2v) is 5.04. The van der Waals surface area contributed by atoms with Crippen LogP contribution in [0.4, 0.5) is 11.4 Å². The second-order valence-electron chi connectivity index (χ2n) is 5.04. The highest BCUT2D eigenvalue weighted by atomic mass is 16.5. The summed E-state index contributed by atoms with van der Waals surface area (Å²) in [5.41, 5.74) is 1.55. The molecule has 0 aliphatic rings. The Morgan fingerprint density at radius 2 is 2.00 bits per heavy atom. The molecular weight excluding hydrogens is 290 g/mol. The highest BCUT2D eigenvalue weighted by Crippen LogP contribution is 2.23. The molecular formula is C18H17N3O2. The van der Waals surface area contributed by atoms with Crippen molar-refractivity contribution in [1.82, 2.24) is 4.98 Å². The summed E-state index contributed by atoms with van der Waals surface area (Å²) in [5.74, 6) is 0.586. The smallest absolute Gasteiger partial charge is 0.243 e. The van der Waals surface area contributed by atoms with Crippen LogP contribution in [0.5, 0.6) is 5.75 Å². The van der Waals surface area contributed by atoms with Gasteiger partial charge in [-0.05, 0) is 35.7 Å². The number of carbonyl (C=O) groups is 1. The average Bonchev–Trinajstić information content (AvgIpc) is 2.60. The monoisotopic (exact) mass is 307 g/mol. The van der Waals surface area contributed by atoms with Crippen molar-refractivity contribution in [2.24, 2.45) is 0 Å².